The third-order valence-electron chi connectivity index (χ3n) is 2.56. The second kappa shape index (κ2) is 7.63. The van der Waals surface area contributed by atoms with E-state index in [1.165, 1.54) is 24.6 Å². The molecule has 0 heterocycles. The highest BCUT2D eigenvalue weighted by atomic mass is 19.1. The molecular weight excluding hydrogens is 288 g/mol. The minimum atomic E-state index is -0.412. The second-order valence-electron chi connectivity index (χ2n) is 4.14. The van der Waals surface area contributed by atoms with Gasteiger partial charge < -0.3 is 5.73 Å². The molecule has 0 aliphatic heterocycles. The van der Waals surface area contributed by atoms with Crippen LogP contribution in [0.25, 0.3) is 0 Å². The lowest BCUT2D eigenvalue weighted by Crippen LogP contribution is -2.26. The summed E-state index contributed by atoms with van der Waals surface area (Å²) in [5, 5.41) is 11.0. The number of nitrogens with zero attached hydrogens (tertiary/aromatic N) is 3. The molecule has 0 bridgehead atoms. The van der Waals surface area contributed by atoms with Crippen molar-refractivity contribution in [2.24, 2.45) is 21.0 Å². The van der Waals surface area contributed by atoms with Gasteiger partial charge in [-0.3, -0.25) is 0 Å². The average Bonchev–Trinajstić information content (AvgIpc) is 2.51. The Bertz CT molecular complexity index is 725. The number of hydrogen-bond donors (Lipinski definition) is 2. The first-order valence-electron chi connectivity index (χ1n) is 6.31. The van der Waals surface area contributed by atoms with Crippen LogP contribution in [0.1, 0.15) is 11.1 Å². The zero-order chi connectivity index (χ0) is 15.8. The molecule has 0 aromatic heterocycles. The number of rotatable bonds is 4. The number of halogens is 2. The highest BCUT2D eigenvalue weighted by Gasteiger charge is 1.96. The number of benzene rings is 2. The fourth-order valence-corrected chi connectivity index (χ4v) is 1.50. The van der Waals surface area contributed by atoms with Gasteiger partial charge in [0.25, 0.3) is 0 Å². The van der Waals surface area contributed by atoms with Crippen LogP contribution in [0, 0.1) is 11.6 Å². The smallest absolute Gasteiger partial charge is 0.234 e. The predicted octanol–water partition coefficient (Wildman–Crippen LogP) is 2.24. The fraction of sp³-hybridized carbons (Fsp3) is 0. The summed E-state index contributed by atoms with van der Waals surface area (Å²) in [6.45, 7) is 0. The van der Waals surface area contributed by atoms with E-state index < -0.39 is 11.6 Å². The predicted molar refractivity (Wildman–Crippen MR) is 82.7 cm³/mol. The highest BCUT2D eigenvalue weighted by molar-refractivity contribution is 5.84. The Labute approximate surface area is 125 Å². The van der Waals surface area contributed by atoms with E-state index in [1.54, 1.807) is 36.4 Å². The van der Waals surface area contributed by atoms with Crippen LogP contribution in [0.2, 0.25) is 0 Å². The number of guanidine groups is 1. The molecule has 2 aromatic carbocycles. The van der Waals surface area contributed by atoms with Crippen LogP contribution in [-0.2, 0) is 0 Å². The lowest BCUT2D eigenvalue weighted by Gasteiger charge is -1.97. The lowest BCUT2D eigenvalue weighted by molar-refractivity contribution is 0.625. The van der Waals surface area contributed by atoms with Gasteiger partial charge in [0.05, 0.1) is 12.4 Å². The molecule has 3 N–H and O–H groups in total. The first kappa shape index (κ1) is 15.3. The number of nitrogens with two attached hydrogens (primary N) is 1. The van der Waals surface area contributed by atoms with E-state index in [1.807, 2.05) is 0 Å². The van der Waals surface area contributed by atoms with E-state index in [0.29, 0.717) is 5.56 Å². The van der Waals surface area contributed by atoms with E-state index in [2.05, 4.69) is 20.7 Å². The SMILES string of the molecule is N/C(=N\N=Cc1ccccc1F)NN=Cc1ccccc1F. The minimum Gasteiger partial charge on any atom is -0.367 e. The summed E-state index contributed by atoms with van der Waals surface area (Å²) in [6.07, 6.45) is 2.49. The van der Waals surface area contributed by atoms with Gasteiger partial charge in [0.15, 0.2) is 0 Å². The van der Waals surface area contributed by atoms with Crippen molar-refractivity contribution in [2.75, 3.05) is 0 Å². The summed E-state index contributed by atoms with van der Waals surface area (Å²) in [6, 6.07) is 12.2. The minimum absolute atomic E-state index is 0.111. The summed E-state index contributed by atoms with van der Waals surface area (Å²) in [5.41, 5.74) is 8.47. The molecular formula is C15H13F2N5. The Morgan fingerprint density at radius 3 is 2.05 bits per heavy atom. The first-order valence-corrected chi connectivity index (χ1v) is 6.31. The average molecular weight is 301 g/mol. The Morgan fingerprint density at radius 2 is 1.45 bits per heavy atom. The number of hydrogen-bond acceptors (Lipinski definition) is 3. The van der Waals surface area contributed by atoms with Crippen molar-refractivity contribution in [1.82, 2.24) is 5.43 Å². The standard InChI is InChI=1S/C15H13F2N5/c16-13-7-3-1-5-11(13)9-19-21-15(18)22-20-10-12-6-2-4-8-14(12)17/h1-10H,(H3,18,21,22). The van der Waals surface area contributed by atoms with Crippen LogP contribution in [0.4, 0.5) is 8.78 Å². The largest absolute Gasteiger partial charge is 0.367 e. The van der Waals surface area contributed by atoms with Gasteiger partial charge in [-0.25, -0.2) is 14.2 Å². The van der Waals surface area contributed by atoms with Crippen LogP contribution in [0.3, 0.4) is 0 Å². The molecule has 2 aromatic rings. The van der Waals surface area contributed by atoms with Gasteiger partial charge in [-0.15, -0.1) is 5.10 Å². The van der Waals surface area contributed by atoms with E-state index in [0.717, 1.165) is 0 Å². The molecule has 0 saturated carbocycles. The molecule has 7 heteroatoms. The molecule has 0 amide bonds. The Balaban J connectivity index is 1.93. The van der Waals surface area contributed by atoms with Crippen LogP contribution in [0.5, 0.6) is 0 Å². The van der Waals surface area contributed by atoms with Gasteiger partial charge in [-0.05, 0) is 12.1 Å². The summed E-state index contributed by atoms with van der Waals surface area (Å²) >= 11 is 0. The number of hydrazone groups is 1. The van der Waals surface area contributed by atoms with Gasteiger partial charge in [0.2, 0.25) is 5.96 Å². The van der Waals surface area contributed by atoms with Crippen molar-refractivity contribution in [3.8, 4) is 0 Å². The van der Waals surface area contributed by atoms with Crippen LogP contribution in [0.15, 0.2) is 63.8 Å². The molecule has 0 unspecified atom stereocenters. The van der Waals surface area contributed by atoms with Gasteiger partial charge in [0, 0.05) is 11.1 Å². The summed E-state index contributed by atoms with van der Waals surface area (Å²) in [7, 11) is 0. The molecule has 2 rings (SSSR count). The molecule has 0 aliphatic rings. The van der Waals surface area contributed by atoms with E-state index in [-0.39, 0.29) is 11.5 Å². The zero-order valence-electron chi connectivity index (χ0n) is 11.4. The third kappa shape index (κ3) is 4.48. The molecule has 0 fully saturated rings. The number of nitrogens with one attached hydrogen (secondary N) is 1. The van der Waals surface area contributed by atoms with Crippen molar-refractivity contribution < 1.29 is 8.78 Å². The molecule has 112 valence electrons. The lowest BCUT2D eigenvalue weighted by atomic mass is 10.2. The monoisotopic (exact) mass is 301 g/mol. The Kier molecular flexibility index (Phi) is 5.31. The van der Waals surface area contributed by atoms with Crippen molar-refractivity contribution >= 4 is 18.4 Å². The molecule has 22 heavy (non-hydrogen) atoms. The van der Waals surface area contributed by atoms with E-state index in [4.69, 9.17) is 5.73 Å². The van der Waals surface area contributed by atoms with E-state index in [9.17, 15) is 8.78 Å². The van der Waals surface area contributed by atoms with Crippen LogP contribution in [-0.4, -0.2) is 18.4 Å². The van der Waals surface area contributed by atoms with Gasteiger partial charge in [-0.1, -0.05) is 36.4 Å². The first-order chi connectivity index (χ1) is 10.7. The Hall–Kier alpha value is -3.09. The van der Waals surface area contributed by atoms with Gasteiger partial charge >= 0.3 is 0 Å². The molecule has 0 spiro atoms. The zero-order valence-corrected chi connectivity index (χ0v) is 11.4. The maximum Gasteiger partial charge on any atom is 0.234 e. The molecule has 0 saturated heterocycles. The van der Waals surface area contributed by atoms with Crippen molar-refractivity contribution in [3.05, 3.63) is 71.3 Å². The topological polar surface area (TPSA) is 75.1 Å². The highest BCUT2D eigenvalue weighted by Crippen LogP contribution is 2.03. The van der Waals surface area contributed by atoms with Gasteiger partial charge in [-0.2, -0.15) is 10.2 Å². The third-order valence-corrected chi connectivity index (χ3v) is 2.56. The second-order valence-corrected chi connectivity index (χ2v) is 4.14. The maximum absolute atomic E-state index is 13.3. The van der Waals surface area contributed by atoms with Crippen molar-refractivity contribution in [3.63, 3.8) is 0 Å². The molecule has 5 nitrogen and oxygen atoms in total. The normalized spacial score (nSPS) is 12.2. The van der Waals surface area contributed by atoms with Gasteiger partial charge in [0.1, 0.15) is 11.6 Å². The quantitative estimate of drug-likeness (QED) is 0.516. The Morgan fingerprint density at radius 1 is 0.909 bits per heavy atom. The summed E-state index contributed by atoms with van der Waals surface area (Å²) in [4.78, 5) is 0. The van der Waals surface area contributed by atoms with Crippen LogP contribution >= 0.6 is 0 Å². The molecule has 0 atom stereocenters. The summed E-state index contributed by atoms with van der Waals surface area (Å²) in [5.74, 6) is -0.924. The molecule has 0 aliphatic carbocycles. The van der Waals surface area contributed by atoms with Crippen molar-refractivity contribution in [1.29, 1.82) is 0 Å². The van der Waals surface area contributed by atoms with Crippen molar-refractivity contribution in [2.45, 2.75) is 0 Å². The molecule has 0 radical (unpaired) electrons. The van der Waals surface area contributed by atoms with Crippen LogP contribution < -0.4 is 11.2 Å². The maximum atomic E-state index is 13.3. The fourth-order valence-electron chi connectivity index (χ4n) is 1.50. The summed E-state index contributed by atoms with van der Waals surface area (Å²) < 4.78 is 26.6. The van der Waals surface area contributed by atoms with E-state index >= 15 is 0 Å².